The van der Waals surface area contributed by atoms with Gasteiger partial charge in [0.25, 0.3) is 0 Å². The first-order valence-corrected chi connectivity index (χ1v) is 4.06. The Bertz CT molecular complexity index is 235. The molecule has 0 aromatic carbocycles. The first-order chi connectivity index (χ1) is 5.77. The van der Waals surface area contributed by atoms with Crippen LogP contribution in [0.5, 0.6) is 0 Å². The highest BCUT2D eigenvalue weighted by Gasteiger charge is 2.08. The number of aliphatic hydroxyl groups excluding tert-OH is 1. The van der Waals surface area contributed by atoms with E-state index in [1.807, 2.05) is 6.92 Å². The van der Waals surface area contributed by atoms with Gasteiger partial charge in [0.15, 0.2) is 0 Å². The van der Waals surface area contributed by atoms with Gasteiger partial charge in [-0.3, -0.25) is 4.68 Å². The molecule has 0 aliphatic rings. The van der Waals surface area contributed by atoms with Crippen LogP contribution in [-0.2, 0) is 6.54 Å². The number of rotatable bonds is 4. The third-order valence-corrected chi connectivity index (χ3v) is 1.64. The summed E-state index contributed by atoms with van der Waals surface area (Å²) in [7, 11) is 0. The molecule has 3 N–H and O–H groups in total. The lowest BCUT2D eigenvalue weighted by Gasteiger charge is -2.00. The van der Waals surface area contributed by atoms with Gasteiger partial charge in [-0.15, -0.1) is 5.10 Å². The molecular weight excluding hydrogens is 156 g/mol. The monoisotopic (exact) mass is 170 g/mol. The number of nitrogens with two attached hydrogens (primary N) is 1. The van der Waals surface area contributed by atoms with Gasteiger partial charge in [-0.2, -0.15) is 0 Å². The number of hydrogen-bond donors (Lipinski definition) is 2. The quantitative estimate of drug-likeness (QED) is 0.649. The van der Waals surface area contributed by atoms with E-state index in [9.17, 15) is 5.11 Å². The third kappa shape index (κ3) is 2.02. The highest BCUT2D eigenvalue weighted by atomic mass is 16.3. The predicted octanol–water partition coefficient (Wildman–Crippen LogP) is -0.320. The Labute approximate surface area is 71.2 Å². The summed E-state index contributed by atoms with van der Waals surface area (Å²) < 4.78 is 1.63. The van der Waals surface area contributed by atoms with E-state index in [0.717, 1.165) is 0 Å². The molecule has 0 saturated carbocycles. The molecule has 5 heteroatoms. The molecule has 0 fully saturated rings. The molecule has 1 rings (SSSR count). The molecule has 0 bridgehead atoms. The molecule has 0 saturated heterocycles. The normalized spacial score (nSPS) is 13.2. The summed E-state index contributed by atoms with van der Waals surface area (Å²) in [4.78, 5) is 0. The van der Waals surface area contributed by atoms with Gasteiger partial charge in [0.05, 0.1) is 18.8 Å². The Morgan fingerprint density at radius 3 is 3.08 bits per heavy atom. The summed E-state index contributed by atoms with van der Waals surface area (Å²) in [5.74, 6) is 0. The van der Waals surface area contributed by atoms with Gasteiger partial charge in [0, 0.05) is 6.54 Å². The Balaban J connectivity index is 2.63. The van der Waals surface area contributed by atoms with E-state index in [1.165, 1.54) is 0 Å². The highest BCUT2D eigenvalue weighted by molar-refractivity contribution is 4.96. The standard InChI is InChI=1S/C7H14N4O/c1-2-7(12)6-5-11(4-3-8)10-9-6/h5,7,12H,2-4,8H2,1H3. The summed E-state index contributed by atoms with van der Waals surface area (Å²) in [6, 6.07) is 0. The Morgan fingerprint density at radius 2 is 2.50 bits per heavy atom. The smallest absolute Gasteiger partial charge is 0.111 e. The Morgan fingerprint density at radius 1 is 1.75 bits per heavy atom. The van der Waals surface area contributed by atoms with Crippen molar-refractivity contribution in [1.82, 2.24) is 15.0 Å². The lowest BCUT2D eigenvalue weighted by molar-refractivity contribution is 0.168. The van der Waals surface area contributed by atoms with Gasteiger partial charge in [-0.1, -0.05) is 12.1 Å². The molecular formula is C7H14N4O. The predicted molar refractivity (Wildman–Crippen MR) is 44.3 cm³/mol. The maximum absolute atomic E-state index is 9.36. The van der Waals surface area contributed by atoms with Gasteiger partial charge < -0.3 is 10.8 Å². The van der Waals surface area contributed by atoms with E-state index in [1.54, 1.807) is 10.9 Å². The summed E-state index contributed by atoms with van der Waals surface area (Å²) in [5.41, 5.74) is 5.94. The van der Waals surface area contributed by atoms with Crippen LogP contribution >= 0.6 is 0 Å². The molecule has 1 aromatic rings. The second-order valence-electron chi connectivity index (χ2n) is 2.62. The van der Waals surface area contributed by atoms with Crippen molar-refractivity contribution in [2.45, 2.75) is 26.0 Å². The van der Waals surface area contributed by atoms with Crippen molar-refractivity contribution < 1.29 is 5.11 Å². The lowest BCUT2D eigenvalue weighted by atomic mass is 10.2. The Kier molecular flexibility index (Phi) is 3.19. The molecule has 1 unspecified atom stereocenters. The number of hydrogen-bond acceptors (Lipinski definition) is 4. The van der Waals surface area contributed by atoms with E-state index < -0.39 is 6.10 Å². The van der Waals surface area contributed by atoms with E-state index in [-0.39, 0.29) is 0 Å². The van der Waals surface area contributed by atoms with E-state index >= 15 is 0 Å². The summed E-state index contributed by atoms with van der Waals surface area (Å²) in [5, 5.41) is 17.0. The van der Waals surface area contributed by atoms with Crippen molar-refractivity contribution in [2.24, 2.45) is 5.73 Å². The molecule has 0 radical (unpaired) electrons. The minimum Gasteiger partial charge on any atom is -0.387 e. The van der Waals surface area contributed by atoms with Crippen molar-refractivity contribution in [3.05, 3.63) is 11.9 Å². The van der Waals surface area contributed by atoms with Crippen LogP contribution < -0.4 is 5.73 Å². The maximum Gasteiger partial charge on any atom is 0.111 e. The van der Waals surface area contributed by atoms with Gasteiger partial charge in [0.1, 0.15) is 5.69 Å². The molecule has 0 aliphatic carbocycles. The van der Waals surface area contributed by atoms with Gasteiger partial charge in [-0.05, 0) is 6.42 Å². The fraction of sp³-hybridized carbons (Fsp3) is 0.714. The molecule has 12 heavy (non-hydrogen) atoms. The number of aliphatic hydroxyl groups is 1. The first-order valence-electron chi connectivity index (χ1n) is 4.06. The molecule has 1 aromatic heterocycles. The molecule has 1 atom stereocenters. The molecule has 0 amide bonds. The maximum atomic E-state index is 9.36. The molecule has 5 nitrogen and oxygen atoms in total. The molecule has 0 aliphatic heterocycles. The zero-order chi connectivity index (χ0) is 8.97. The van der Waals surface area contributed by atoms with E-state index in [4.69, 9.17) is 5.73 Å². The van der Waals surface area contributed by atoms with Crippen LogP contribution in [0.25, 0.3) is 0 Å². The van der Waals surface area contributed by atoms with Crippen LogP contribution in [0.1, 0.15) is 25.1 Å². The van der Waals surface area contributed by atoms with Crippen LogP contribution in [0, 0.1) is 0 Å². The molecule has 0 spiro atoms. The van der Waals surface area contributed by atoms with E-state index in [2.05, 4.69) is 10.3 Å². The van der Waals surface area contributed by atoms with Crippen LogP contribution in [0.3, 0.4) is 0 Å². The van der Waals surface area contributed by atoms with Gasteiger partial charge in [-0.25, -0.2) is 0 Å². The lowest BCUT2D eigenvalue weighted by Crippen LogP contribution is -2.10. The third-order valence-electron chi connectivity index (χ3n) is 1.64. The summed E-state index contributed by atoms with van der Waals surface area (Å²) in [6.45, 7) is 3.07. The van der Waals surface area contributed by atoms with Crippen molar-refractivity contribution in [3.63, 3.8) is 0 Å². The largest absolute Gasteiger partial charge is 0.387 e. The second-order valence-corrected chi connectivity index (χ2v) is 2.62. The number of nitrogens with zero attached hydrogens (tertiary/aromatic N) is 3. The second kappa shape index (κ2) is 4.18. The minimum atomic E-state index is -0.503. The zero-order valence-electron chi connectivity index (χ0n) is 7.14. The van der Waals surface area contributed by atoms with E-state index in [0.29, 0.717) is 25.2 Å². The fourth-order valence-corrected chi connectivity index (χ4v) is 0.917. The van der Waals surface area contributed by atoms with Crippen molar-refractivity contribution in [2.75, 3.05) is 6.54 Å². The zero-order valence-corrected chi connectivity index (χ0v) is 7.14. The highest BCUT2D eigenvalue weighted by Crippen LogP contribution is 2.11. The average molecular weight is 170 g/mol. The minimum absolute atomic E-state index is 0.503. The van der Waals surface area contributed by atoms with Crippen molar-refractivity contribution in [3.8, 4) is 0 Å². The summed E-state index contributed by atoms with van der Waals surface area (Å²) >= 11 is 0. The van der Waals surface area contributed by atoms with Crippen molar-refractivity contribution in [1.29, 1.82) is 0 Å². The first kappa shape index (κ1) is 9.15. The SMILES string of the molecule is CCC(O)c1cn(CCN)nn1. The fourth-order valence-electron chi connectivity index (χ4n) is 0.917. The van der Waals surface area contributed by atoms with Crippen LogP contribution in [-0.4, -0.2) is 26.6 Å². The number of aromatic nitrogens is 3. The Hall–Kier alpha value is -0.940. The van der Waals surface area contributed by atoms with Crippen LogP contribution in [0.2, 0.25) is 0 Å². The van der Waals surface area contributed by atoms with Gasteiger partial charge >= 0.3 is 0 Å². The average Bonchev–Trinajstić information content (AvgIpc) is 2.52. The molecule has 1 heterocycles. The van der Waals surface area contributed by atoms with Crippen LogP contribution in [0.4, 0.5) is 0 Å². The molecule has 68 valence electrons. The van der Waals surface area contributed by atoms with Crippen molar-refractivity contribution >= 4 is 0 Å². The van der Waals surface area contributed by atoms with Gasteiger partial charge in [0.2, 0.25) is 0 Å². The summed E-state index contributed by atoms with van der Waals surface area (Å²) in [6.07, 6.45) is 1.87. The topological polar surface area (TPSA) is 77.0 Å². The van der Waals surface area contributed by atoms with Crippen LogP contribution in [0.15, 0.2) is 6.20 Å².